The van der Waals surface area contributed by atoms with E-state index in [4.69, 9.17) is 0 Å². The third kappa shape index (κ3) is 2.61. The number of fused-ring (bicyclic) bond motifs is 1. The first-order valence-electron chi connectivity index (χ1n) is 7.12. The van der Waals surface area contributed by atoms with Crippen LogP contribution in [-0.2, 0) is 0 Å². The van der Waals surface area contributed by atoms with Crippen LogP contribution in [0.25, 0.3) is 0 Å². The molecule has 7 heteroatoms. The van der Waals surface area contributed by atoms with Crippen LogP contribution in [0.3, 0.4) is 0 Å². The van der Waals surface area contributed by atoms with Gasteiger partial charge in [0, 0.05) is 6.54 Å². The van der Waals surface area contributed by atoms with Gasteiger partial charge in [-0.1, -0.05) is 12.1 Å². The molecule has 0 bridgehead atoms. The summed E-state index contributed by atoms with van der Waals surface area (Å²) >= 11 is 0. The molecule has 1 fully saturated rings. The maximum Gasteiger partial charge on any atom is 0.393 e. The first-order valence-corrected chi connectivity index (χ1v) is 7.12. The van der Waals surface area contributed by atoms with Crippen LogP contribution in [0.4, 0.5) is 13.2 Å². The summed E-state index contributed by atoms with van der Waals surface area (Å²) in [5.74, 6) is -2.26. The van der Waals surface area contributed by atoms with E-state index in [1.807, 2.05) is 0 Å². The normalized spacial score (nSPS) is 23.0. The Morgan fingerprint density at radius 2 is 1.68 bits per heavy atom. The first-order chi connectivity index (χ1) is 10.4. The van der Waals surface area contributed by atoms with Crippen LogP contribution in [-0.4, -0.2) is 47.5 Å². The smallest absolute Gasteiger partial charge is 0.285 e. The minimum atomic E-state index is -4.24. The van der Waals surface area contributed by atoms with Gasteiger partial charge >= 0.3 is 6.18 Å². The van der Waals surface area contributed by atoms with E-state index in [-0.39, 0.29) is 19.6 Å². The molecule has 0 N–H and O–H groups in total. The zero-order valence-corrected chi connectivity index (χ0v) is 11.8. The van der Waals surface area contributed by atoms with Crippen molar-refractivity contribution in [1.29, 1.82) is 0 Å². The van der Waals surface area contributed by atoms with Crippen molar-refractivity contribution in [2.75, 3.05) is 19.8 Å². The fourth-order valence-electron chi connectivity index (χ4n) is 3.02. The Morgan fingerprint density at radius 1 is 1.09 bits per heavy atom. The number of carbonyl (C=O) groups is 2. The second-order valence-electron chi connectivity index (χ2n) is 5.68. The fraction of sp³-hybridized carbons (Fsp3) is 0.467. The SMILES string of the molecule is O=C1c2ccccc2C(=O)N1CN1CCC[C@@H](C(F)(F)F)C1. The van der Waals surface area contributed by atoms with Gasteiger partial charge in [0.2, 0.25) is 0 Å². The molecule has 2 aliphatic heterocycles. The van der Waals surface area contributed by atoms with Gasteiger partial charge in [-0.3, -0.25) is 19.4 Å². The summed E-state index contributed by atoms with van der Waals surface area (Å²) < 4.78 is 38.5. The van der Waals surface area contributed by atoms with E-state index in [9.17, 15) is 22.8 Å². The fourth-order valence-corrected chi connectivity index (χ4v) is 3.02. The van der Waals surface area contributed by atoms with Gasteiger partial charge in [-0.2, -0.15) is 13.2 Å². The van der Waals surface area contributed by atoms with E-state index in [1.165, 1.54) is 4.90 Å². The Balaban J connectivity index is 1.72. The minimum absolute atomic E-state index is 0.0844. The summed E-state index contributed by atoms with van der Waals surface area (Å²) in [6.45, 7) is 0.204. The molecule has 4 nitrogen and oxygen atoms in total. The zero-order valence-electron chi connectivity index (χ0n) is 11.8. The molecule has 1 aromatic carbocycles. The Labute approximate surface area is 125 Å². The highest BCUT2D eigenvalue weighted by Gasteiger charge is 2.43. The molecule has 0 spiro atoms. The maximum absolute atomic E-state index is 12.8. The van der Waals surface area contributed by atoms with Gasteiger partial charge < -0.3 is 0 Å². The lowest BCUT2D eigenvalue weighted by Crippen LogP contribution is -2.48. The number of piperidine rings is 1. The maximum atomic E-state index is 12.8. The number of imide groups is 1. The van der Waals surface area contributed by atoms with Crippen LogP contribution in [0.2, 0.25) is 0 Å². The van der Waals surface area contributed by atoms with Crippen LogP contribution >= 0.6 is 0 Å². The van der Waals surface area contributed by atoms with Crippen LogP contribution in [0.15, 0.2) is 24.3 Å². The van der Waals surface area contributed by atoms with Crippen LogP contribution in [0.1, 0.15) is 33.6 Å². The number of alkyl halides is 3. The monoisotopic (exact) mass is 312 g/mol. The van der Waals surface area contributed by atoms with E-state index >= 15 is 0 Å². The molecule has 22 heavy (non-hydrogen) atoms. The number of rotatable bonds is 2. The molecule has 2 heterocycles. The van der Waals surface area contributed by atoms with Gasteiger partial charge in [0.05, 0.1) is 23.7 Å². The Hall–Kier alpha value is -1.89. The van der Waals surface area contributed by atoms with Crippen molar-refractivity contribution in [3.8, 4) is 0 Å². The number of benzene rings is 1. The van der Waals surface area contributed by atoms with Gasteiger partial charge in [-0.25, -0.2) is 0 Å². The molecule has 3 rings (SSSR count). The number of likely N-dealkylation sites (tertiary alicyclic amines) is 1. The highest BCUT2D eigenvalue weighted by atomic mass is 19.4. The predicted octanol–water partition coefficient (Wildman–Crippen LogP) is 2.51. The van der Waals surface area contributed by atoms with Crippen molar-refractivity contribution < 1.29 is 22.8 Å². The summed E-state index contributed by atoms with van der Waals surface area (Å²) in [5, 5.41) is 0. The van der Waals surface area contributed by atoms with E-state index in [1.54, 1.807) is 24.3 Å². The molecule has 0 saturated carbocycles. The highest BCUT2D eigenvalue weighted by molar-refractivity contribution is 6.21. The van der Waals surface area contributed by atoms with Gasteiger partial charge in [-0.05, 0) is 31.5 Å². The van der Waals surface area contributed by atoms with Crippen LogP contribution < -0.4 is 0 Å². The minimum Gasteiger partial charge on any atom is -0.285 e. The van der Waals surface area contributed by atoms with E-state index in [0.717, 1.165) is 4.90 Å². The summed E-state index contributed by atoms with van der Waals surface area (Å²) in [7, 11) is 0. The lowest BCUT2D eigenvalue weighted by Gasteiger charge is -2.35. The van der Waals surface area contributed by atoms with Crippen LogP contribution in [0, 0.1) is 5.92 Å². The summed E-state index contributed by atoms with van der Waals surface area (Å²) in [4.78, 5) is 27.0. The number of hydrogen-bond donors (Lipinski definition) is 0. The Morgan fingerprint density at radius 3 is 2.23 bits per heavy atom. The van der Waals surface area contributed by atoms with Crippen molar-refractivity contribution in [1.82, 2.24) is 9.80 Å². The zero-order chi connectivity index (χ0) is 15.9. The second-order valence-corrected chi connectivity index (χ2v) is 5.68. The molecule has 0 radical (unpaired) electrons. The Bertz CT molecular complexity index is 580. The second kappa shape index (κ2) is 5.39. The molecular formula is C15H15F3N2O2. The van der Waals surface area contributed by atoms with E-state index in [2.05, 4.69) is 0 Å². The average Bonchev–Trinajstić information content (AvgIpc) is 2.72. The standard InChI is InChI=1S/C15H15F3N2O2/c16-15(17,18)10-4-3-7-19(8-10)9-20-13(21)11-5-1-2-6-12(11)14(20)22/h1-2,5-6,10H,3-4,7-9H2/t10-/m1/s1. The number of amides is 2. The predicted molar refractivity (Wildman–Crippen MR) is 72.2 cm³/mol. The molecule has 0 aliphatic carbocycles. The molecule has 1 aromatic rings. The quantitative estimate of drug-likeness (QED) is 0.788. The van der Waals surface area contributed by atoms with Gasteiger partial charge in [0.1, 0.15) is 0 Å². The van der Waals surface area contributed by atoms with Gasteiger partial charge in [0.25, 0.3) is 11.8 Å². The molecule has 0 unspecified atom stereocenters. The number of hydrogen-bond acceptors (Lipinski definition) is 3. The third-order valence-corrected chi connectivity index (χ3v) is 4.19. The van der Waals surface area contributed by atoms with Gasteiger partial charge in [0.15, 0.2) is 0 Å². The van der Waals surface area contributed by atoms with E-state index < -0.39 is 23.9 Å². The van der Waals surface area contributed by atoms with E-state index in [0.29, 0.717) is 24.1 Å². The number of halogens is 3. The third-order valence-electron chi connectivity index (χ3n) is 4.19. The highest BCUT2D eigenvalue weighted by Crippen LogP contribution is 2.33. The largest absolute Gasteiger partial charge is 0.393 e. The van der Waals surface area contributed by atoms with Crippen molar-refractivity contribution in [3.63, 3.8) is 0 Å². The van der Waals surface area contributed by atoms with Crippen molar-refractivity contribution in [2.24, 2.45) is 5.92 Å². The van der Waals surface area contributed by atoms with Crippen molar-refractivity contribution >= 4 is 11.8 Å². The number of carbonyl (C=O) groups excluding carboxylic acids is 2. The molecule has 1 atom stereocenters. The summed E-state index contributed by atoms with van der Waals surface area (Å²) in [6.07, 6.45) is -3.73. The lowest BCUT2D eigenvalue weighted by molar-refractivity contribution is -0.187. The molecule has 118 valence electrons. The topological polar surface area (TPSA) is 40.6 Å². The van der Waals surface area contributed by atoms with Crippen molar-refractivity contribution in [3.05, 3.63) is 35.4 Å². The summed E-state index contributed by atoms with van der Waals surface area (Å²) in [6, 6.07) is 6.44. The molecular weight excluding hydrogens is 297 g/mol. The van der Waals surface area contributed by atoms with Crippen molar-refractivity contribution in [2.45, 2.75) is 19.0 Å². The average molecular weight is 312 g/mol. The Kier molecular flexibility index (Phi) is 3.68. The molecule has 0 aromatic heterocycles. The molecule has 2 aliphatic rings. The molecule has 2 amide bonds. The lowest BCUT2D eigenvalue weighted by atomic mass is 9.98. The first kappa shape index (κ1) is 15.0. The van der Waals surface area contributed by atoms with Crippen LogP contribution in [0.5, 0.6) is 0 Å². The van der Waals surface area contributed by atoms with Gasteiger partial charge in [-0.15, -0.1) is 0 Å². The summed E-state index contributed by atoms with van der Waals surface area (Å²) in [5.41, 5.74) is 0.633. The number of nitrogens with zero attached hydrogens (tertiary/aromatic N) is 2. The molecule has 1 saturated heterocycles.